The first kappa shape index (κ1) is 19.8. The van der Waals surface area contributed by atoms with Gasteiger partial charge in [-0.15, -0.1) is 11.3 Å². The second-order valence-corrected chi connectivity index (χ2v) is 9.88. The third-order valence-corrected chi connectivity index (χ3v) is 7.13. The lowest BCUT2D eigenvalue weighted by molar-refractivity contribution is 0.0729. The van der Waals surface area contributed by atoms with E-state index in [0.717, 1.165) is 23.3 Å². The van der Waals surface area contributed by atoms with Gasteiger partial charge in [0, 0.05) is 29.6 Å². The van der Waals surface area contributed by atoms with E-state index < -0.39 is 10.0 Å². The molecular formula is C22H22N2O3S2. The van der Waals surface area contributed by atoms with Crippen molar-refractivity contribution in [3.05, 3.63) is 88.1 Å². The molecule has 150 valence electrons. The fraction of sp³-hybridized carbons (Fsp3) is 0.227. The molecule has 3 aromatic rings. The summed E-state index contributed by atoms with van der Waals surface area (Å²) < 4.78 is 28.0. The van der Waals surface area contributed by atoms with Crippen LogP contribution in [0.2, 0.25) is 0 Å². The lowest BCUT2D eigenvalue weighted by atomic mass is 10.1. The van der Waals surface area contributed by atoms with Crippen LogP contribution in [0, 0.1) is 0 Å². The highest BCUT2D eigenvalue weighted by Crippen LogP contribution is 2.30. The van der Waals surface area contributed by atoms with Gasteiger partial charge in [-0.1, -0.05) is 42.5 Å². The minimum atomic E-state index is -3.70. The number of carbonyl (C=O) groups excluding carboxylic acids is 1. The normalized spacial score (nSPS) is 13.9. The molecular weight excluding hydrogens is 404 g/mol. The van der Waals surface area contributed by atoms with E-state index in [9.17, 15) is 13.2 Å². The number of nitrogens with one attached hydrogen (secondary N) is 1. The number of hydrogen-bond acceptors (Lipinski definition) is 4. The van der Waals surface area contributed by atoms with Crippen LogP contribution < -0.4 is 4.72 Å². The highest BCUT2D eigenvalue weighted by atomic mass is 32.2. The molecule has 0 spiro atoms. The van der Waals surface area contributed by atoms with Crippen molar-refractivity contribution in [3.63, 3.8) is 0 Å². The van der Waals surface area contributed by atoms with Gasteiger partial charge in [-0.3, -0.25) is 4.79 Å². The second kappa shape index (κ2) is 8.49. The van der Waals surface area contributed by atoms with Gasteiger partial charge in [0.05, 0.1) is 4.90 Å². The topological polar surface area (TPSA) is 66.5 Å². The predicted molar refractivity (Wildman–Crippen MR) is 114 cm³/mol. The predicted octanol–water partition coefficient (Wildman–Crippen LogP) is 4.03. The Labute approximate surface area is 175 Å². The van der Waals surface area contributed by atoms with Gasteiger partial charge < -0.3 is 4.90 Å². The minimum absolute atomic E-state index is 0.107. The summed E-state index contributed by atoms with van der Waals surface area (Å²) in [5, 5.41) is 1.90. The molecule has 1 fully saturated rings. The number of nitrogens with zero attached hydrogens (tertiary/aromatic N) is 1. The summed E-state index contributed by atoms with van der Waals surface area (Å²) in [6.45, 7) is 0.762. The first-order valence-corrected chi connectivity index (χ1v) is 11.9. The van der Waals surface area contributed by atoms with Crippen LogP contribution >= 0.6 is 11.3 Å². The molecule has 0 radical (unpaired) electrons. The maximum atomic E-state index is 13.2. The Hall–Kier alpha value is -2.48. The molecule has 0 aliphatic heterocycles. The summed E-state index contributed by atoms with van der Waals surface area (Å²) in [7, 11) is -3.70. The molecule has 0 unspecified atom stereocenters. The Morgan fingerprint density at radius 2 is 1.83 bits per heavy atom. The molecule has 0 bridgehead atoms. The molecule has 0 saturated heterocycles. The number of rotatable bonds is 8. The van der Waals surface area contributed by atoms with Crippen molar-refractivity contribution in [1.82, 2.24) is 9.62 Å². The average Bonchev–Trinajstić information content (AvgIpc) is 3.45. The van der Waals surface area contributed by atoms with Crippen molar-refractivity contribution in [2.75, 3.05) is 0 Å². The Kier molecular flexibility index (Phi) is 5.80. The van der Waals surface area contributed by atoms with Crippen LogP contribution in [-0.4, -0.2) is 25.3 Å². The smallest absolute Gasteiger partial charge is 0.254 e. The SMILES string of the molecule is O=C(c1cccc(S(=O)(=O)NCc2cccs2)c1)N(Cc1ccccc1)C1CC1. The van der Waals surface area contributed by atoms with E-state index in [1.165, 1.54) is 23.5 Å². The first-order valence-electron chi connectivity index (χ1n) is 9.50. The van der Waals surface area contributed by atoms with Crippen molar-refractivity contribution in [2.24, 2.45) is 0 Å². The Balaban J connectivity index is 1.52. The third kappa shape index (κ3) is 4.93. The number of amides is 1. The molecule has 1 aromatic heterocycles. The largest absolute Gasteiger partial charge is 0.331 e. The van der Waals surface area contributed by atoms with Crippen LogP contribution in [-0.2, 0) is 23.1 Å². The molecule has 29 heavy (non-hydrogen) atoms. The van der Waals surface area contributed by atoms with Crippen LogP contribution in [0.4, 0.5) is 0 Å². The van der Waals surface area contributed by atoms with Gasteiger partial charge in [0.15, 0.2) is 0 Å². The zero-order chi connectivity index (χ0) is 20.3. The Morgan fingerprint density at radius 3 is 2.52 bits per heavy atom. The number of sulfonamides is 1. The van der Waals surface area contributed by atoms with Gasteiger partial charge in [0.1, 0.15) is 0 Å². The van der Waals surface area contributed by atoms with Crippen LogP contribution in [0.25, 0.3) is 0 Å². The summed E-state index contributed by atoms with van der Waals surface area (Å²) in [6, 6.07) is 20.1. The molecule has 7 heteroatoms. The monoisotopic (exact) mass is 426 g/mol. The van der Waals surface area contributed by atoms with Crippen LogP contribution in [0.15, 0.2) is 77.0 Å². The fourth-order valence-electron chi connectivity index (χ4n) is 3.16. The molecule has 1 aliphatic rings. The first-order chi connectivity index (χ1) is 14.0. The molecule has 5 nitrogen and oxygen atoms in total. The van der Waals surface area contributed by atoms with Gasteiger partial charge in [-0.25, -0.2) is 13.1 Å². The van der Waals surface area contributed by atoms with Gasteiger partial charge in [0.2, 0.25) is 10.0 Å². The van der Waals surface area contributed by atoms with Gasteiger partial charge in [0.25, 0.3) is 5.91 Å². The minimum Gasteiger partial charge on any atom is -0.331 e. The van der Waals surface area contributed by atoms with Crippen LogP contribution in [0.1, 0.15) is 33.6 Å². The average molecular weight is 427 g/mol. The van der Waals surface area contributed by atoms with Crippen molar-refractivity contribution in [2.45, 2.75) is 36.9 Å². The molecule has 1 N–H and O–H groups in total. The van der Waals surface area contributed by atoms with Crippen molar-refractivity contribution in [3.8, 4) is 0 Å². The quantitative estimate of drug-likeness (QED) is 0.591. The molecule has 1 saturated carbocycles. The van der Waals surface area contributed by atoms with Crippen LogP contribution in [0.5, 0.6) is 0 Å². The lowest BCUT2D eigenvalue weighted by Crippen LogP contribution is -2.32. The maximum Gasteiger partial charge on any atom is 0.254 e. The van der Waals surface area contributed by atoms with E-state index in [0.29, 0.717) is 12.1 Å². The van der Waals surface area contributed by atoms with Gasteiger partial charge in [-0.2, -0.15) is 0 Å². The van der Waals surface area contributed by atoms with E-state index >= 15 is 0 Å². The van der Waals surface area contributed by atoms with Crippen molar-refractivity contribution < 1.29 is 13.2 Å². The molecule has 0 atom stereocenters. The van der Waals surface area contributed by atoms with E-state index in [-0.39, 0.29) is 23.4 Å². The number of carbonyl (C=O) groups is 1. The zero-order valence-electron chi connectivity index (χ0n) is 15.8. The highest BCUT2D eigenvalue weighted by molar-refractivity contribution is 7.89. The summed E-state index contributed by atoms with van der Waals surface area (Å²) in [4.78, 5) is 16.1. The van der Waals surface area contributed by atoms with Crippen LogP contribution in [0.3, 0.4) is 0 Å². The second-order valence-electron chi connectivity index (χ2n) is 7.08. The van der Waals surface area contributed by atoms with Crippen molar-refractivity contribution >= 4 is 27.3 Å². The van der Waals surface area contributed by atoms with Gasteiger partial charge in [-0.05, 0) is 48.1 Å². The third-order valence-electron chi connectivity index (χ3n) is 4.85. The Morgan fingerprint density at radius 1 is 1.03 bits per heavy atom. The highest BCUT2D eigenvalue weighted by Gasteiger charge is 2.33. The number of benzene rings is 2. The maximum absolute atomic E-state index is 13.2. The van der Waals surface area contributed by atoms with E-state index in [4.69, 9.17) is 0 Å². The number of thiophene rings is 1. The fourth-order valence-corrected chi connectivity index (χ4v) is 4.95. The Bertz CT molecular complexity index is 1080. The molecule has 2 aromatic carbocycles. The zero-order valence-corrected chi connectivity index (χ0v) is 17.5. The number of hydrogen-bond donors (Lipinski definition) is 1. The van der Waals surface area contributed by atoms with Gasteiger partial charge >= 0.3 is 0 Å². The van der Waals surface area contributed by atoms with E-state index in [1.54, 1.807) is 12.1 Å². The molecule has 1 amide bonds. The summed E-state index contributed by atoms with van der Waals surface area (Å²) in [5.41, 5.74) is 1.46. The van der Waals surface area contributed by atoms with E-state index in [1.807, 2.05) is 52.7 Å². The summed E-state index contributed by atoms with van der Waals surface area (Å²) in [6.07, 6.45) is 1.97. The van der Waals surface area contributed by atoms with E-state index in [2.05, 4.69) is 4.72 Å². The molecule has 1 heterocycles. The van der Waals surface area contributed by atoms with Crippen molar-refractivity contribution in [1.29, 1.82) is 0 Å². The molecule has 4 rings (SSSR count). The summed E-state index contributed by atoms with van der Waals surface area (Å²) >= 11 is 1.49. The summed E-state index contributed by atoms with van der Waals surface area (Å²) in [5.74, 6) is -0.133. The molecule has 1 aliphatic carbocycles. The standard InChI is InChI=1S/C22H22N2O3S2/c25-22(24(19-11-12-19)16-17-6-2-1-3-7-17)18-8-4-10-21(14-18)29(26,27)23-15-20-9-5-13-28-20/h1-10,13-14,19,23H,11-12,15-16H2. The lowest BCUT2D eigenvalue weighted by Gasteiger charge is -2.23.